The van der Waals surface area contributed by atoms with Crippen molar-refractivity contribution in [3.8, 4) is 0 Å². The van der Waals surface area contributed by atoms with Crippen LogP contribution in [0.2, 0.25) is 0 Å². The van der Waals surface area contributed by atoms with Gasteiger partial charge in [-0.25, -0.2) is 0 Å². The molecule has 102 valence electrons. The smallest absolute Gasteiger partial charge is 0.255 e. The van der Waals surface area contributed by atoms with Gasteiger partial charge in [0, 0.05) is 23.5 Å². The second-order valence-corrected chi connectivity index (χ2v) is 5.19. The first-order valence-electron chi connectivity index (χ1n) is 6.98. The number of hydrogen-bond donors (Lipinski definition) is 2. The monoisotopic (exact) mass is 266 g/mol. The summed E-state index contributed by atoms with van der Waals surface area (Å²) in [7, 11) is 0. The van der Waals surface area contributed by atoms with E-state index in [4.69, 9.17) is 0 Å². The van der Waals surface area contributed by atoms with Crippen LogP contribution >= 0.6 is 0 Å². The highest BCUT2D eigenvalue weighted by Crippen LogP contribution is 2.29. The average molecular weight is 266 g/mol. The van der Waals surface area contributed by atoms with E-state index in [0.717, 1.165) is 36.3 Å². The molecule has 3 nitrogen and oxygen atoms in total. The van der Waals surface area contributed by atoms with Crippen molar-refractivity contribution in [3.05, 3.63) is 59.2 Å². The Balaban J connectivity index is 1.86. The molecule has 3 heteroatoms. The molecule has 20 heavy (non-hydrogen) atoms. The Labute approximate surface area is 119 Å². The molecule has 2 N–H and O–H groups in total. The van der Waals surface area contributed by atoms with Crippen LogP contribution in [0.15, 0.2) is 42.5 Å². The van der Waals surface area contributed by atoms with Crippen molar-refractivity contribution in [2.75, 3.05) is 17.2 Å². The molecule has 0 unspecified atom stereocenters. The maximum Gasteiger partial charge on any atom is 0.255 e. The summed E-state index contributed by atoms with van der Waals surface area (Å²) in [6, 6.07) is 13.7. The van der Waals surface area contributed by atoms with Crippen molar-refractivity contribution in [3.63, 3.8) is 0 Å². The van der Waals surface area contributed by atoms with E-state index in [1.54, 1.807) is 0 Å². The summed E-state index contributed by atoms with van der Waals surface area (Å²) < 4.78 is 0. The van der Waals surface area contributed by atoms with Gasteiger partial charge < -0.3 is 10.6 Å². The van der Waals surface area contributed by atoms with Crippen molar-refractivity contribution in [1.29, 1.82) is 0 Å². The zero-order valence-electron chi connectivity index (χ0n) is 11.6. The maximum atomic E-state index is 12.3. The van der Waals surface area contributed by atoms with Crippen LogP contribution in [0, 0.1) is 6.92 Å². The molecule has 1 aliphatic rings. The predicted molar refractivity (Wildman–Crippen MR) is 82.4 cm³/mol. The largest absolute Gasteiger partial charge is 0.385 e. The normalized spacial score (nSPS) is 13.2. The predicted octanol–water partition coefficient (Wildman–Crippen LogP) is 3.61. The van der Waals surface area contributed by atoms with Gasteiger partial charge in [-0.3, -0.25) is 4.79 Å². The summed E-state index contributed by atoms with van der Waals surface area (Å²) >= 11 is 0. The number of hydrogen-bond acceptors (Lipinski definition) is 2. The lowest BCUT2D eigenvalue weighted by Crippen LogP contribution is -2.17. The molecule has 0 aliphatic carbocycles. The zero-order chi connectivity index (χ0) is 13.9. The summed E-state index contributed by atoms with van der Waals surface area (Å²) in [6.07, 6.45) is 2.11. The molecule has 0 radical (unpaired) electrons. The Kier molecular flexibility index (Phi) is 3.42. The lowest BCUT2D eigenvalue weighted by Gasteiger charge is -2.21. The Morgan fingerprint density at radius 1 is 1.20 bits per heavy atom. The van der Waals surface area contributed by atoms with E-state index >= 15 is 0 Å². The minimum Gasteiger partial charge on any atom is -0.385 e. The number of benzene rings is 2. The summed E-state index contributed by atoms with van der Waals surface area (Å²) in [5.74, 6) is -0.0485. The van der Waals surface area contributed by atoms with E-state index in [9.17, 15) is 4.79 Å². The Hall–Kier alpha value is -2.29. The van der Waals surface area contributed by atoms with Crippen molar-refractivity contribution in [2.45, 2.75) is 19.8 Å². The van der Waals surface area contributed by atoms with Crippen LogP contribution in [0.5, 0.6) is 0 Å². The third-order valence-electron chi connectivity index (χ3n) is 3.62. The number of nitrogens with one attached hydrogen (secondary N) is 2. The molecule has 2 aromatic carbocycles. The van der Waals surface area contributed by atoms with Crippen molar-refractivity contribution in [1.82, 2.24) is 0 Å². The molecule has 0 spiro atoms. The standard InChI is InChI=1S/C17H18N2O/c1-12-5-2-6-13(11-12)17(20)19-16-9-3-8-15-14(16)7-4-10-18-15/h2-3,5-6,8-9,11,18H,4,7,10H2,1H3,(H,19,20). The molecule has 1 amide bonds. The first-order valence-corrected chi connectivity index (χ1v) is 6.98. The van der Waals surface area contributed by atoms with E-state index in [-0.39, 0.29) is 5.91 Å². The minimum atomic E-state index is -0.0485. The summed E-state index contributed by atoms with van der Waals surface area (Å²) in [4.78, 5) is 12.3. The van der Waals surface area contributed by atoms with Crippen LogP contribution in [0.25, 0.3) is 0 Å². The lowest BCUT2D eigenvalue weighted by atomic mass is 10.0. The van der Waals surface area contributed by atoms with E-state index in [1.807, 2.05) is 43.3 Å². The van der Waals surface area contributed by atoms with Gasteiger partial charge in [-0.05, 0) is 49.6 Å². The Morgan fingerprint density at radius 2 is 2.05 bits per heavy atom. The molecule has 3 rings (SSSR count). The molecule has 1 aliphatic heterocycles. The van der Waals surface area contributed by atoms with Gasteiger partial charge in [0.15, 0.2) is 0 Å². The number of fused-ring (bicyclic) bond motifs is 1. The second-order valence-electron chi connectivity index (χ2n) is 5.19. The molecule has 0 saturated heterocycles. The molecule has 0 aromatic heterocycles. The van der Waals surface area contributed by atoms with Gasteiger partial charge in [0.1, 0.15) is 0 Å². The van der Waals surface area contributed by atoms with Crippen molar-refractivity contribution in [2.24, 2.45) is 0 Å². The zero-order valence-corrected chi connectivity index (χ0v) is 11.6. The van der Waals surface area contributed by atoms with Gasteiger partial charge in [0.2, 0.25) is 0 Å². The quantitative estimate of drug-likeness (QED) is 0.872. The molecule has 0 saturated carbocycles. The molecule has 1 heterocycles. The van der Waals surface area contributed by atoms with Crippen LogP contribution in [-0.4, -0.2) is 12.5 Å². The highest BCUT2D eigenvalue weighted by atomic mass is 16.1. The van der Waals surface area contributed by atoms with Crippen molar-refractivity contribution >= 4 is 17.3 Å². The highest BCUT2D eigenvalue weighted by molar-refractivity contribution is 6.05. The van der Waals surface area contributed by atoms with Gasteiger partial charge >= 0.3 is 0 Å². The van der Waals surface area contributed by atoms with Crippen LogP contribution in [0.3, 0.4) is 0 Å². The molecule has 0 bridgehead atoms. The van der Waals surface area contributed by atoms with Crippen LogP contribution < -0.4 is 10.6 Å². The van der Waals surface area contributed by atoms with Crippen molar-refractivity contribution < 1.29 is 4.79 Å². The third kappa shape index (κ3) is 2.52. The van der Waals surface area contributed by atoms with E-state index in [2.05, 4.69) is 16.7 Å². The fourth-order valence-electron chi connectivity index (χ4n) is 2.61. The Morgan fingerprint density at radius 3 is 2.90 bits per heavy atom. The molecule has 2 aromatic rings. The number of amides is 1. The molecular formula is C17H18N2O. The van der Waals surface area contributed by atoms with Crippen LogP contribution in [0.1, 0.15) is 27.9 Å². The average Bonchev–Trinajstić information content (AvgIpc) is 2.47. The number of carbonyl (C=O) groups excluding carboxylic acids is 1. The summed E-state index contributed by atoms with van der Waals surface area (Å²) in [5, 5.41) is 6.41. The van der Waals surface area contributed by atoms with Gasteiger partial charge in [-0.15, -0.1) is 0 Å². The summed E-state index contributed by atoms with van der Waals surface area (Å²) in [6.45, 7) is 2.99. The van der Waals surface area contributed by atoms with Gasteiger partial charge in [-0.1, -0.05) is 23.8 Å². The molecular weight excluding hydrogens is 248 g/mol. The van der Waals surface area contributed by atoms with Gasteiger partial charge in [0.25, 0.3) is 5.91 Å². The number of rotatable bonds is 2. The van der Waals surface area contributed by atoms with E-state index in [1.165, 1.54) is 5.56 Å². The van der Waals surface area contributed by atoms with Crippen LogP contribution in [-0.2, 0) is 6.42 Å². The number of anilines is 2. The van der Waals surface area contributed by atoms with E-state index < -0.39 is 0 Å². The fraction of sp³-hybridized carbons (Fsp3) is 0.235. The Bertz CT molecular complexity index is 649. The minimum absolute atomic E-state index is 0.0485. The first-order chi connectivity index (χ1) is 9.74. The first kappa shape index (κ1) is 12.7. The third-order valence-corrected chi connectivity index (χ3v) is 3.62. The highest BCUT2D eigenvalue weighted by Gasteiger charge is 2.14. The fourth-order valence-corrected chi connectivity index (χ4v) is 2.61. The molecule has 0 fully saturated rings. The van der Waals surface area contributed by atoms with E-state index in [0.29, 0.717) is 5.56 Å². The number of carbonyl (C=O) groups is 1. The maximum absolute atomic E-state index is 12.3. The topological polar surface area (TPSA) is 41.1 Å². The summed E-state index contributed by atoms with van der Waals surface area (Å²) in [5.41, 5.74) is 5.06. The SMILES string of the molecule is Cc1cccc(C(=O)Nc2cccc3c2CCCN3)c1. The lowest BCUT2D eigenvalue weighted by molar-refractivity contribution is 0.102. The molecule has 0 atom stereocenters. The van der Waals surface area contributed by atoms with Crippen LogP contribution in [0.4, 0.5) is 11.4 Å². The second kappa shape index (κ2) is 5.37. The van der Waals surface area contributed by atoms with Gasteiger partial charge in [0.05, 0.1) is 0 Å². The van der Waals surface area contributed by atoms with Gasteiger partial charge in [-0.2, -0.15) is 0 Å². The number of aryl methyl sites for hydroxylation is 1.